The number of nitrogens with zero attached hydrogens (tertiary/aromatic N) is 1. The van der Waals surface area contributed by atoms with Crippen molar-refractivity contribution in [3.63, 3.8) is 0 Å². The fourth-order valence-electron chi connectivity index (χ4n) is 3.24. The third-order valence-corrected chi connectivity index (χ3v) is 6.46. The van der Waals surface area contributed by atoms with Gasteiger partial charge < -0.3 is 0 Å². The maximum atomic E-state index is 13.7. The zero-order chi connectivity index (χ0) is 17.0. The molecule has 0 amide bonds. The summed E-state index contributed by atoms with van der Waals surface area (Å²) in [5.74, 6) is -0.212. The molecule has 1 aliphatic heterocycles. The molecule has 0 spiro atoms. The first kappa shape index (κ1) is 17.1. The number of hydrogen-bond acceptors (Lipinski definition) is 2. The number of rotatable bonds is 5. The van der Waals surface area contributed by atoms with Gasteiger partial charge in [0, 0.05) is 18.7 Å². The molecule has 0 aromatic heterocycles. The van der Waals surface area contributed by atoms with E-state index in [9.17, 15) is 12.8 Å². The minimum absolute atomic E-state index is 0.240. The molecule has 1 aliphatic rings. The van der Waals surface area contributed by atoms with Gasteiger partial charge in [-0.1, -0.05) is 48.5 Å². The van der Waals surface area contributed by atoms with E-state index in [1.165, 1.54) is 22.0 Å². The summed E-state index contributed by atoms with van der Waals surface area (Å²) in [5.41, 5.74) is 1.54. The van der Waals surface area contributed by atoms with E-state index in [1.807, 2.05) is 18.2 Å². The molecule has 128 valence electrons. The van der Waals surface area contributed by atoms with Crippen molar-refractivity contribution in [2.45, 2.75) is 25.0 Å². The topological polar surface area (TPSA) is 37.4 Å². The number of halogens is 1. The Morgan fingerprint density at radius 3 is 2.25 bits per heavy atom. The molecule has 3 nitrogen and oxygen atoms in total. The van der Waals surface area contributed by atoms with E-state index in [4.69, 9.17) is 0 Å². The normalized spacial score (nSPS) is 17.0. The molecule has 0 unspecified atom stereocenters. The smallest absolute Gasteiger partial charge is 0.212 e. The summed E-state index contributed by atoms with van der Waals surface area (Å²) in [6.07, 6.45) is 2.69. The second-order valence-electron chi connectivity index (χ2n) is 6.38. The highest BCUT2D eigenvalue weighted by molar-refractivity contribution is 7.88. The van der Waals surface area contributed by atoms with Gasteiger partial charge in [-0.3, -0.25) is 0 Å². The molecule has 0 aliphatic carbocycles. The Bertz CT molecular complexity index is 769. The van der Waals surface area contributed by atoms with E-state index in [0.717, 1.165) is 19.3 Å². The molecule has 2 aromatic carbocycles. The summed E-state index contributed by atoms with van der Waals surface area (Å²) in [7, 11) is -3.46. The lowest BCUT2D eigenvalue weighted by molar-refractivity contribution is 0.272. The van der Waals surface area contributed by atoms with E-state index in [2.05, 4.69) is 12.1 Å². The minimum atomic E-state index is -3.46. The molecule has 5 heteroatoms. The summed E-state index contributed by atoms with van der Waals surface area (Å²) in [6.45, 7) is 1.04. The zero-order valence-electron chi connectivity index (χ0n) is 13.6. The van der Waals surface area contributed by atoms with Gasteiger partial charge in [-0.2, -0.15) is 0 Å². The molecule has 3 rings (SSSR count). The Morgan fingerprint density at radius 2 is 1.58 bits per heavy atom. The van der Waals surface area contributed by atoms with Gasteiger partial charge in [-0.25, -0.2) is 17.1 Å². The molecule has 2 aromatic rings. The van der Waals surface area contributed by atoms with Crippen LogP contribution < -0.4 is 0 Å². The van der Waals surface area contributed by atoms with Crippen LogP contribution in [0.4, 0.5) is 4.39 Å². The van der Waals surface area contributed by atoms with E-state index in [1.54, 1.807) is 12.1 Å². The predicted octanol–water partition coefficient (Wildman–Crippen LogP) is 3.61. The predicted molar refractivity (Wildman–Crippen MR) is 93.5 cm³/mol. The van der Waals surface area contributed by atoms with Crippen LogP contribution in [0.3, 0.4) is 0 Å². The van der Waals surface area contributed by atoms with Crippen molar-refractivity contribution in [3.8, 4) is 0 Å². The lowest BCUT2D eigenvalue weighted by atomic mass is 9.91. The Kier molecular flexibility index (Phi) is 5.31. The maximum absolute atomic E-state index is 13.7. The van der Waals surface area contributed by atoms with Crippen molar-refractivity contribution in [1.82, 2.24) is 4.31 Å². The van der Waals surface area contributed by atoms with E-state index in [0.29, 0.717) is 19.0 Å². The van der Waals surface area contributed by atoms with Gasteiger partial charge in [-0.05, 0) is 36.8 Å². The first-order valence-electron chi connectivity index (χ1n) is 8.30. The summed E-state index contributed by atoms with van der Waals surface area (Å²) in [5, 5.41) is 0. The van der Waals surface area contributed by atoms with Crippen molar-refractivity contribution >= 4 is 10.0 Å². The van der Waals surface area contributed by atoms with Crippen LogP contribution in [-0.4, -0.2) is 25.8 Å². The maximum Gasteiger partial charge on any atom is 0.218 e. The van der Waals surface area contributed by atoms with Crippen LogP contribution in [0.15, 0.2) is 54.6 Å². The van der Waals surface area contributed by atoms with Crippen LogP contribution >= 0.6 is 0 Å². The van der Waals surface area contributed by atoms with Crippen molar-refractivity contribution in [2.75, 3.05) is 13.1 Å². The fourth-order valence-corrected chi connectivity index (χ4v) is 4.82. The summed E-state index contributed by atoms with van der Waals surface area (Å²) >= 11 is 0. The van der Waals surface area contributed by atoms with E-state index in [-0.39, 0.29) is 11.3 Å². The van der Waals surface area contributed by atoms with Crippen LogP contribution in [0.2, 0.25) is 0 Å². The van der Waals surface area contributed by atoms with Crippen LogP contribution in [0.5, 0.6) is 0 Å². The standard InChI is InChI=1S/C19H22FNO2S/c20-19-9-5-4-8-18(19)15-24(22,23)21-12-10-17(11-13-21)14-16-6-2-1-3-7-16/h1-9,17H,10-15H2. The van der Waals surface area contributed by atoms with Gasteiger partial charge in [0.2, 0.25) is 10.0 Å². The monoisotopic (exact) mass is 347 g/mol. The first-order chi connectivity index (χ1) is 11.5. The SMILES string of the molecule is O=S(=O)(Cc1ccccc1F)N1CCC(Cc2ccccc2)CC1. The molecule has 24 heavy (non-hydrogen) atoms. The third kappa shape index (κ3) is 4.22. The average Bonchev–Trinajstić information content (AvgIpc) is 2.58. The van der Waals surface area contributed by atoms with Crippen LogP contribution in [-0.2, 0) is 22.2 Å². The highest BCUT2D eigenvalue weighted by Gasteiger charge is 2.28. The molecule has 0 atom stereocenters. The summed E-state index contributed by atoms with van der Waals surface area (Å²) < 4.78 is 40.3. The molecule has 1 heterocycles. The highest BCUT2D eigenvalue weighted by atomic mass is 32.2. The lowest BCUT2D eigenvalue weighted by Crippen LogP contribution is -2.39. The third-order valence-electron chi connectivity index (χ3n) is 4.63. The Hall–Kier alpha value is -1.72. The molecular weight excluding hydrogens is 325 g/mol. The highest BCUT2D eigenvalue weighted by Crippen LogP contribution is 2.25. The second-order valence-corrected chi connectivity index (χ2v) is 8.35. The number of piperidine rings is 1. The Labute approximate surface area is 143 Å². The quantitative estimate of drug-likeness (QED) is 0.828. The van der Waals surface area contributed by atoms with Crippen LogP contribution in [0.25, 0.3) is 0 Å². The van der Waals surface area contributed by atoms with Gasteiger partial charge in [-0.15, -0.1) is 0 Å². The average molecular weight is 347 g/mol. The van der Waals surface area contributed by atoms with Gasteiger partial charge in [0.15, 0.2) is 0 Å². The molecule has 0 saturated carbocycles. The molecular formula is C19H22FNO2S. The van der Waals surface area contributed by atoms with E-state index >= 15 is 0 Å². The molecule has 0 bridgehead atoms. The zero-order valence-corrected chi connectivity index (χ0v) is 14.4. The summed E-state index contributed by atoms with van der Waals surface area (Å²) in [4.78, 5) is 0. The van der Waals surface area contributed by atoms with Gasteiger partial charge in [0.1, 0.15) is 5.82 Å². The molecule has 1 saturated heterocycles. The number of hydrogen-bond donors (Lipinski definition) is 0. The Balaban J connectivity index is 1.58. The first-order valence-corrected chi connectivity index (χ1v) is 9.91. The summed E-state index contributed by atoms with van der Waals surface area (Å²) in [6, 6.07) is 16.4. The van der Waals surface area contributed by atoms with Gasteiger partial charge >= 0.3 is 0 Å². The van der Waals surface area contributed by atoms with Crippen molar-refractivity contribution in [3.05, 3.63) is 71.5 Å². The number of benzene rings is 2. The van der Waals surface area contributed by atoms with Gasteiger partial charge in [0.05, 0.1) is 5.75 Å². The largest absolute Gasteiger partial charge is 0.218 e. The second kappa shape index (κ2) is 7.45. The lowest BCUT2D eigenvalue weighted by Gasteiger charge is -2.31. The van der Waals surface area contributed by atoms with Crippen molar-refractivity contribution < 1.29 is 12.8 Å². The van der Waals surface area contributed by atoms with E-state index < -0.39 is 15.8 Å². The Morgan fingerprint density at radius 1 is 0.958 bits per heavy atom. The van der Waals surface area contributed by atoms with Crippen LogP contribution in [0.1, 0.15) is 24.0 Å². The van der Waals surface area contributed by atoms with Crippen molar-refractivity contribution in [1.29, 1.82) is 0 Å². The van der Waals surface area contributed by atoms with Crippen LogP contribution in [0, 0.1) is 11.7 Å². The van der Waals surface area contributed by atoms with Crippen molar-refractivity contribution in [2.24, 2.45) is 5.92 Å². The molecule has 0 N–H and O–H groups in total. The molecule has 1 fully saturated rings. The molecule has 0 radical (unpaired) electrons. The number of sulfonamides is 1. The minimum Gasteiger partial charge on any atom is -0.212 e. The van der Waals surface area contributed by atoms with Gasteiger partial charge in [0.25, 0.3) is 0 Å². The fraction of sp³-hybridized carbons (Fsp3) is 0.368.